The SMILES string of the molecule is COc1cc(C(C)N)c(F)cc1O. The Hall–Kier alpha value is -1.29. The predicted molar refractivity (Wildman–Crippen MR) is 47.2 cm³/mol. The van der Waals surface area contributed by atoms with E-state index >= 15 is 0 Å². The van der Waals surface area contributed by atoms with Crippen molar-refractivity contribution in [2.45, 2.75) is 13.0 Å². The van der Waals surface area contributed by atoms with E-state index in [1.807, 2.05) is 0 Å². The number of nitrogens with two attached hydrogens (primary N) is 1. The second-order valence-corrected chi connectivity index (χ2v) is 2.83. The number of methoxy groups -OCH3 is 1. The summed E-state index contributed by atoms with van der Waals surface area (Å²) in [5, 5.41) is 9.19. The Bertz CT molecular complexity index is 313. The van der Waals surface area contributed by atoms with Crippen LogP contribution in [-0.4, -0.2) is 12.2 Å². The summed E-state index contributed by atoms with van der Waals surface area (Å²) in [6.45, 7) is 1.66. The van der Waals surface area contributed by atoms with Crippen LogP contribution in [0.5, 0.6) is 11.5 Å². The van der Waals surface area contributed by atoms with Crippen molar-refractivity contribution < 1.29 is 14.2 Å². The van der Waals surface area contributed by atoms with Gasteiger partial charge in [0.1, 0.15) is 5.82 Å². The van der Waals surface area contributed by atoms with E-state index in [0.29, 0.717) is 5.56 Å². The van der Waals surface area contributed by atoms with Gasteiger partial charge in [-0.15, -0.1) is 0 Å². The summed E-state index contributed by atoms with van der Waals surface area (Å²) in [5.74, 6) is -0.508. The lowest BCUT2D eigenvalue weighted by Gasteiger charge is -2.10. The number of ether oxygens (including phenoxy) is 1. The minimum absolute atomic E-state index is 0.218. The second kappa shape index (κ2) is 3.62. The number of rotatable bonds is 2. The normalized spacial score (nSPS) is 12.6. The molecule has 0 bridgehead atoms. The Kier molecular flexibility index (Phi) is 2.72. The molecule has 0 saturated heterocycles. The molecular formula is C9H12FNO2. The molecule has 0 aliphatic rings. The number of aromatic hydroxyl groups is 1. The van der Waals surface area contributed by atoms with Gasteiger partial charge in [-0.1, -0.05) is 0 Å². The molecule has 1 aromatic carbocycles. The fourth-order valence-corrected chi connectivity index (χ4v) is 1.07. The maximum Gasteiger partial charge on any atom is 0.161 e. The molecule has 1 atom stereocenters. The first kappa shape index (κ1) is 9.80. The van der Waals surface area contributed by atoms with Crippen LogP contribution in [0, 0.1) is 5.82 Å². The molecule has 0 radical (unpaired) electrons. The lowest BCUT2D eigenvalue weighted by Crippen LogP contribution is -2.07. The summed E-state index contributed by atoms with van der Waals surface area (Å²) >= 11 is 0. The molecule has 3 nitrogen and oxygen atoms in total. The van der Waals surface area contributed by atoms with Crippen LogP contribution in [0.4, 0.5) is 4.39 Å². The van der Waals surface area contributed by atoms with Crippen LogP contribution in [0.3, 0.4) is 0 Å². The van der Waals surface area contributed by atoms with E-state index in [-0.39, 0.29) is 11.5 Å². The molecule has 4 heteroatoms. The van der Waals surface area contributed by atoms with Crippen LogP contribution in [0.15, 0.2) is 12.1 Å². The zero-order chi connectivity index (χ0) is 10.0. The smallest absolute Gasteiger partial charge is 0.161 e. The van der Waals surface area contributed by atoms with Crippen LogP contribution < -0.4 is 10.5 Å². The van der Waals surface area contributed by atoms with Crippen molar-refractivity contribution in [1.29, 1.82) is 0 Å². The summed E-state index contributed by atoms with van der Waals surface area (Å²) in [5.41, 5.74) is 5.84. The van der Waals surface area contributed by atoms with Gasteiger partial charge in [0.25, 0.3) is 0 Å². The Morgan fingerprint density at radius 1 is 1.54 bits per heavy atom. The van der Waals surface area contributed by atoms with Crippen molar-refractivity contribution in [3.05, 3.63) is 23.5 Å². The molecule has 0 spiro atoms. The third kappa shape index (κ3) is 1.89. The molecule has 1 unspecified atom stereocenters. The van der Waals surface area contributed by atoms with Gasteiger partial charge in [-0.2, -0.15) is 0 Å². The Morgan fingerprint density at radius 2 is 2.15 bits per heavy atom. The Labute approximate surface area is 75.9 Å². The average Bonchev–Trinajstić information content (AvgIpc) is 2.03. The molecular weight excluding hydrogens is 173 g/mol. The number of hydrogen-bond acceptors (Lipinski definition) is 3. The van der Waals surface area contributed by atoms with Crippen LogP contribution in [-0.2, 0) is 0 Å². The maximum atomic E-state index is 13.1. The van der Waals surface area contributed by atoms with Crippen molar-refractivity contribution in [3.63, 3.8) is 0 Å². The van der Waals surface area contributed by atoms with Crippen molar-refractivity contribution >= 4 is 0 Å². The largest absolute Gasteiger partial charge is 0.504 e. The lowest BCUT2D eigenvalue weighted by atomic mass is 10.1. The van der Waals surface area contributed by atoms with Gasteiger partial charge in [0.2, 0.25) is 0 Å². The highest BCUT2D eigenvalue weighted by Gasteiger charge is 2.12. The van der Waals surface area contributed by atoms with E-state index in [9.17, 15) is 9.50 Å². The Morgan fingerprint density at radius 3 is 2.62 bits per heavy atom. The number of hydrogen-bond donors (Lipinski definition) is 2. The highest BCUT2D eigenvalue weighted by Crippen LogP contribution is 2.30. The summed E-state index contributed by atoms with van der Waals surface area (Å²) < 4.78 is 17.9. The monoisotopic (exact) mass is 185 g/mol. The van der Waals surface area contributed by atoms with Gasteiger partial charge >= 0.3 is 0 Å². The highest BCUT2D eigenvalue weighted by molar-refractivity contribution is 5.43. The quantitative estimate of drug-likeness (QED) is 0.735. The molecule has 0 aliphatic heterocycles. The number of phenolic OH excluding ortho intramolecular Hbond substituents is 1. The van der Waals surface area contributed by atoms with Crippen molar-refractivity contribution in [2.24, 2.45) is 5.73 Å². The summed E-state index contributed by atoms with van der Waals surface area (Å²) in [6, 6.07) is 1.97. The predicted octanol–water partition coefficient (Wildman–Crippen LogP) is 1.56. The number of benzene rings is 1. The molecule has 1 aromatic rings. The third-order valence-electron chi connectivity index (χ3n) is 1.79. The molecule has 72 valence electrons. The number of halogens is 1. The maximum absolute atomic E-state index is 13.1. The van der Waals surface area contributed by atoms with Gasteiger partial charge in [-0.3, -0.25) is 0 Å². The second-order valence-electron chi connectivity index (χ2n) is 2.83. The van der Waals surface area contributed by atoms with E-state index < -0.39 is 11.9 Å². The van der Waals surface area contributed by atoms with Crippen molar-refractivity contribution in [2.75, 3.05) is 7.11 Å². The van der Waals surface area contributed by atoms with Crippen molar-refractivity contribution in [1.82, 2.24) is 0 Å². The fraction of sp³-hybridized carbons (Fsp3) is 0.333. The lowest BCUT2D eigenvalue weighted by molar-refractivity contribution is 0.369. The summed E-state index contributed by atoms with van der Waals surface area (Å²) in [6.07, 6.45) is 0. The molecule has 0 saturated carbocycles. The van der Waals surface area contributed by atoms with Crippen LogP contribution in [0.1, 0.15) is 18.5 Å². The first-order valence-corrected chi connectivity index (χ1v) is 3.88. The molecule has 0 fully saturated rings. The molecule has 3 N–H and O–H groups in total. The average molecular weight is 185 g/mol. The third-order valence-corrected chi connectivity index (χ3v) is 1.79. The van der Waals surface area contributed by atoms with E-state index in [0.717, 1.165) is 6.07 Å². The first-order chi connectivity index (χ1) is 6.06. The van der Waals surface area contributed by atoms with E-state index in [4.69, 9.17) is 10.5 Å². The molecule has 1 rings (SSSR count). The van der Waals surface area contributed by atoms with Crippen LogP contribution in [0.25, 0.3) is 0 Å². The minimum atomic E-state index is -0.520. The zero-order valence-electron chi connectivity index (χ0n) is 7.54. The molecule has 13 heavy (non-hydrogen) atoms. The molecule has 0 heterocycles. The summed E-state index contributed by atoms with van der Waals surface area (Å²) in [4.78, 5) is 0. The van der Waals surface area contributed by atoms with Gasteiger partial charge in [-0.25, -0.2) is 4.39 Å². The first-order valence-electron chi connectivity index (χ1n) is 3.88. The van der Waals surface area contributed by atoms with Crippen molar-refractivity contribution in [3.8, 4) is 11.5 Å². The minimum Gasteiger partial charge on any atom is -0.504 e. The Balaban J connectivity index is 3.22. The van der Waals surface area contributed by atoms with Crippen LogP contribution >= 0.6 is 0 Å². The van der Waals surface area contributed by atoms with Gasteiger partial charge in [-0.05, 0) is 13.0 Å². The molecule has 0 aromatic heterocycles. The standard InChI is InChI=1S/C9H12FNO2/c1-5(11)6-3-9(13-2)8(12)4-7(6)10/h3-5,12H,11H2,1-2H3. The topological polar surface area (TPSA) is 55.5 Å². The zero-order valence-corrected chi connectivity index (χ0v) is 7.54. The number of phenols is 1. The van der Waals surface area contributed by atoms with Gasteiger partial charge in [0, 0.05) is 17.7 Å². The van der Waals surface area contributed by atoms with E-state index in [1.165, 1.54) is 13.2 Å². The molecule has 0 aliphatic carbocycles. The van der Waals surface area contributed by atoms with Gasteiger partial charge in [0.05, 0.1) is 7.11 Å². The highest BCUT2D eigenvalue weighted by atomic mass is 19.1. The fourth-order valence-electron chi connectivity index (χ4n) is 1.07. The van der Waals surface area contributed by atoms with E-state index in [2.05, 4.69) is 0 Å². The molecule has 0 amide bonds. The van der Waals surface area contributed by atoms with Crippen LogP contribution in [0.2, 0.25) is 0 Å². The van der Waals surface area contributed by atoms with Gasteiger partial charge in [0.15, 0.2) is 11.5 Å². The van der Waals surface area contributed by atoms with E-state index in [1.54, 1.807) is 6.92 Å². The summed E-state index contributed by atoms with van der Waals surface area (Å²) in [7, 11) is 1.40. The van der Waals surface area contributed by atoms with Gasteiger partial charge < -0.3 is 15.6 Å².